The van der Waals surface area contributed by atoms with E-state index in [4.69, 9.17) is 5.11 Å². The molecule has 6 heteroatoms. The second-order valence-corrected chi connectivity index (χ2v) is 6.38. The molecule has 1 saturated heterocycles. The number of benzene rings is 1. The molecule has 0 bridgehead atoms. The second-order valence-electron chi connectivity index (χ2n) is 5.59. The number of anilines is 1. The number of aromatic carboxylic acids is 1. The molecule has 2 rings (SSSR count). The third kappa shape index (κ3) is 4.17. The van der Waals surface area contributed by atoms with Crippen LogP contribution in [0.1, 0.15) is 30.1 Å². The number of carboxylic acid groups (broad SMARTS) is 1. The smallest absolute Gasteiger partial charge is 0.336 e. The molecule has 0 aliphatic carbocycles. The largest absolute Gasteiger partial charge is 0.478 e. The highest BCUT2D eigenvalue weighted by Crippen LogP contribution is 2.27. The summed E-state index contributed by atoms with van der Waals surface area (Å²) < 4.78 is 14.1. The zero-order valence-corrected chi connectivity index (χ0v) is 13.6. The molecule has 1 aliphatic rings. The van der Waals surface area contributed by atoms with Gasteiger partial charge in [0.25, 0.3) is 0 Å². The molecule has 1 heterocycles. The fourth-order valence-corrected chi connectivity index (χ4v) is 3.12. The van der Waals surface area contributed by atoms with Crippen molar-refractivity contribution in [1.29, 1.82) is 0 Å². The van der Waals surface area contributed by atoms with Crippen LogP contribution in [0.25, 0.3) is 0 Å². The number of hydrogen-bond acceptors (Lipinski definition) is 3. The van der Waals surface area contributed by atoms with E-state index in [9.17, 15) is 9.18 Å². The Morgan fingerprint density at radius 3 is 2.76 bits per heavy atom. The van der Waals surface area contributed by atoms with Gasteiger partial charge in [-0.3, -0.25) is 0 Å². The lowest BCUT2D eigenvalue weighted by molar-refractivity contribution is 0.0695. The van der Waals surface area contributed by atoms with E-state index in [1.807, 2.05) is 0 Å². The number of rotatable bonds is 6. The number of nitrogens with one attached hydrogen (secondary N) is 1. The van der Waals surface area contributed by atoms with Crippen LogP contribution in [0.15, 0.2) is 16.6 Å². The van der Waals surface area contributed by atoms with Gasteiger partial charge in [-0.15, -0.1) is 0 Å². The summed E-state index contributed by atoms with van der Waals surface area (Å²) in [7, 11) is 0. The van der Waals surface area contributed by atoms with Crippen molar-refractivity contribution in [2.24, 2.45) is 5.92 Å². The van der Waals surface area contributed by atoms with Crippen molar-refractivity contribution in [2.45, 2.75) is 19.8 Å². The molecule has 0 amide bonds. The summed E-state index contributed by atoms with van der Waals surface area (Å²) in [5.74, 6) is -1.29. The summed E-state index contributed by atoms with van der Waals surface area (Å²) in [4.78, 5) is 13.3. The van der Waals surface area contributed by atoms with E-state index >= 15 is 0 Å². The van der Waals surface area contributed by atoms with Crippen molar-refractivity contribution in [3.05, 3.63) is 28.0 Å². The van der Waals surface area contributed by atoms with Gasteiger partial charge < -0.3 is 15.3 Å². The molecule has 1 aromatic carbocycles. The monoisotopic (exact) mass is 358 g/mol. The average Bonchev–Trinajstić information content (AvgIpc) is 2.93. The first kappa shape index (κ1) is 16.2. The summed E-state index contributed by atoms with van der Waals surface area (Å²) in [5.41, 5.74) is 0.267. The maximum atomic E-state index is 14.1. The summed E-state index contributed by atoms with van der Waals surface area (Å²) in [6, 6.07) is 2.88. The standard InChI is InChI=1S/C15H20BrFN2O2/c1-10(9-19-6-2-3-7-19)8-18-12-5-4-11(15(20)21)13(16)14(12)17/h4-5,10,18H,2-3,6-9H2,1H3,(H,20,21). The summed E-state index contributed by atoms with van der Waals surface area (Å²) in [6.07, 6.45) is 2.52. The van der Waals surface area contributed by atoms with Crippen LogP contribution in [0.5, 0.6) is 0 Å². The van der Waals surface area contributed by atoms with Gasteiger partial charge in [-0.1, -0.05) is 6.92 Å². The minimum Gasteiger partial charge on any atom is -0.478 e. The Morgan fingerprint density at radius 2 is 2.14 bits per heavy atom. The van der Waals surface area contributed by atoms with Crippen LogP contribution in [-0.2, 0) is 0 Å². The summed E-state index contributed by atoms with van der Waals surface area (Å²) >= 11 is 3.01. The predicted octanol–water partition coefficient (Wildman–Crippen LogP) is 3.43. The first-order valence-corrected chi connectivity index (χ1v) is 7.96. The Bertz CT molecular complexity index is 519. The molecule has 21 heavy (non-hydrogen) atoms. The Kier molecular flexibility index (Phi) is 5.58. The zero-order valence-electron chi connectivity index (χ0n) is 12.0. The van der Waals surface area contributed by atoms with Gasteiger partial charge in [-0.2, -0.15) is 0 Å². The maximum absolute atomic E-state index is 14.1. The Morgan fingerprint density at radius 1 is 1.48 bits per heavy atom. The Labute approximate surface area is 132 Å². The lowest BCUT2D eigenvalue weighted by Crippen LogP contribution is -2.29. The third-order valence-corrected chi connectivity index (χ3v) is 4.50. The maximum Gasteiger partial charge on any atom is 0.336 e. The van der Waals surface area contributed by atoms with Crippen LogP contribution in [-0.4, -0.2) is 42.2 Å². The van der Waals surface area contributed by atoms with Crippen LogP contribution in [0.4, 0.5) is 10.1 Å². The van der Waals surface area contributed by atoms with Crippen molar-refractivity contribution in [3.63, 3.8) is 0 Å². The van der Waals surface area contributed by atoms with Crippen molar-refractivity contribution in [3.8, 4) is 0 Å². The summed E-state index contributed by atoms with van der Waals surface area (Å²) in [6.45, 7) is 6.09. The molecule has 2 N–H and O–H groups in total. The zero-order chi connectivity index (χ0) is 15.4. The van der Waals surface area contributed by atoms with E-state index in [0.29, 0.717) is 18.2 Å². The first-order valence-electron chi connectivity index (χ1n) is 7.16. The average molecular weight is 359 g/mol. The molecular weight excluding hydrogens is 339 g/mol. The van der Waals surface area contributed by atoms with Crippen molar-refractivity contribution in [1.82, 2.24) is 4.90 Å². The normalized spacial score (nSPS) is 16.9. The minimum absolute atomic E-state index is 0.00723. The van der Waals surface area contributed by atoms with Crippen LogP contribution >= 0.6 is 15.9 Å². The van der Waals surface area contributed by atoms with Crippen molar-refractivity contribution < 1.29 is 14.3 Å². The SMILES string of the molecule is CC(CNc1ccc(C(=O)O)c(Br)c1F)CN1CCCC1. The van der Waals surface area contributed by atoms with Gasteiger partial charge in [0.2, 0.25) is 0 Å². The van der Waals surface area contributed by atoms with Gasteiger partial charge in [0.05, 0.1) is 15.7 Å². The lowest BCUT2D eigenvalue weighted by Gasteiger charge is -2.21. The Hall–Kier alpha value is -1.14. The number of nitrogens with zero attached hydrogens (tertiary/aromatic N) is 1. The Balaban J connectivity index is 1.93. The topological polar surface area (TPSA) is 52.6 Å². The quantitative estimate of drug-likeness (QED) is 0.817. The lowest BCUT2D eigenvalue weighted by atomic mass is 10.1. The number of carboxylic acids is 1. The highest BCUT2D eigenvalue weighted by atomic mass is 79.9. The van der Waals surface area contributed by atoms with E-state index in [0.717, 1.165) is 19.6 Å². The molecule has 1 aliphatic heterocycles. The molecule has 1 atom stereocenters. The van der Waals surface area contributed by atoms with Gasteiger partial charge in [-0.25, -0.2) is 9.18 Å². The van der Waals surface area contributed by atoms with E-state index in [1.165, 1.54) is 25.0 Å². The van der Waals surface area contributed by atoms with E-state index in [1.54, 1.807) is 0 Å². The van der Waals surface area contributed by atoms with Gasteiger partial charge in [0, 0.05) is 13.1 Å². The van der Waals surface area contributed by atoms with Crippen LogP contribution in [0.2, 0.25) is 0 Å². The van der Waals surface area contributed by atoms with Gasteiger partial charge in [0.15, 0.2) is 5.82 Å². The van der Waals surface area contributed by atoms with Gasteiger partial charge in [0.1, 0.15) is 0 Å². The molecule has 4 nitrogen and oxygen atoms in total. The first-order chi connectivity index (χ1) is 9.99. The molecule has 0 spiro atoms. The minimum atomic E-state index is -1.14. The van der Waals surface area contributed by atoms with E-state index < -0.39 is 11.8 Å². The van der Waals surface area contributed by atoms with Gasteiger partial charge >= 0.3 is 5.97 Å². The van der Waals surface area contributed by atoms with Crippen LogP contribution < -0.4 is 5.32 Å². The molecule has 116 valence electrons. The fraction of sp³-hybridized carbons (Fsp3) is 0.533. The fourth-order valence-electron chi connectivity index (χ4n) is 2.61. The van der Waals surface area contributed by atoms with Crippen LogP contribution in [0, 0.1) is 11.7 Å². The number of likely N-dealkylation sites (tertiary alicyclic amines) is 1. The molecule has 0 aromatic heterocycles. The molecule has 1 aromatic rings. The number of hydrogen-bond donors (Lipinski definition) is 2. The molecule has 1 unspecified atom stereocenters. The molecule has 1 fully saturated rings. The van der Waals surface area contributed by atoms with Crippen molar-refractivity contribution in [2.75, 3.05) is 31.5 Å². The third-order valence-electron chi connectivity index (χ3n) is 3.72. The van der Waals surface area contributed by atoms with Gasteiger partial charge in [-0.05, 0) is 59.9 Å². The predicted molar refractivity (Wildman–Crippen MR) is 84.4 cm³/mol. The van der Waals surface area contributed by atoms with E-state index in [-0.39, 0.29) is 10.0 Å². The molecule has 0 radical (unpaired) electrons. The van der Waals surface area contributed by atoms with Crippen molar-refractivity contribution >= 4 is 27.6 Å². The van der Waals surface area contributed by atoms with E-state index in [2.05, 4.69) is 33.1 Å². The summed E-state index contributed by atoms with van der Waals surface area (Å²) in [5, 5.41) is 12.0. The molecular formula is C15H20BrFN2O2. The second kappa shape index (κ2) is 7.22. The highest BCUT2D eigenvalue weighted by molar-refractivity contribution is 9.10. The molecule has 0 saturated carbocycles. The number of halogens is 2. The highest BCUT2D eigenvalue weighted by Gasteiger charge is 2.17. The number of carbonyl (C=O) groups is 1. The van der Waals surface area contributed by atoms with Crippen LogP contribution in [0.3, 0.4) is 0 Å².